The number of azide groups is 1. The van der Waals surface area contributed by atoms with Crippen LogP contribution in [-0.4, -0.2) is 18.6 Å². The Bertz CT molecular complexity index is 412. The third kappa shape index (κ3) is 3.05. The molecule has 0 aliphatic rings. The highest BCUT2D eigenvalue weighted by atomic mass is 16.5. The lowest BCUT2D eigenvalue weighted by Crippen LogP contribution is -1.87. The minimum absolute atomic E-state index is 0.168. The molecule has 0 spiro atoms. The molecule has 14 heavy (non-hydrogen) atoms. The van der Waals surface area contributed by atoms with Crippen LogP contribution >= 0.6 is 0 Å². The van der Waals surface area contributed by atoms with Gasteiger partial charge in [0.25, 0.3) is 0 Å². The zero-order valence-corrected chi connectivity index (χ0v) is 7.64. The third-order valence-electron chi connectivity index (χ3n) is 1.39. The van der Waals surface area contributed by atoms with Gasteiger partial charge in [-0.25, -0.2) is 4.98 Å². The third-order valence-corrected chi connectivity index (χ3v) is 1.39. The van der Waals surface area contributed by atoms with E-state index in [1.807, 2.05) is 0 Å². The molecule has 1 rings (SSSR count). The van der Waals surface area contributed by atoms with E-state index in [2.05, 4.69) is 26.9 Å². The second kappa shape index (κ2) is 5.46. The molecule has 5 nitrogen and oxygen atoms in total. The van der Waals surface area contributed by atoms with Crippen LogP contribution in [0.2, 0.25) is 0 Å². The van der Waals surface area contributed by atoms with Gasteiger partial charge in [-0.1, -0.05) is 17.0 Å². The first-order valence-electron chi connectivity index (χ1n) is 3.86. The number of nitrogens with zero attached hydrogens (tertiary/aromatic N) is 4. The lowest BCUT2D eigenvalue weighted by Gasteiger charge is -1.96. The summed E-state index contributed by atoms with van der Waals surface area (Å²) >= 11 is 0. The molecule has 0 fully saturated rings. The van der Waals surface area contributed by atoms with E-state index in [4.69, 9.17) is 10.3 Å². The van der Waals surface area contributed by atoms with Crippen molar-refractivity contribution in [3.05, 3.63) is 34.3 Å². The van der Waals surface area contributed by atoms with Crippen LogP contribution in [0.1, 0.15) is 5.56 Å². The van der Waals surface area contributed by atoms with Crippen LogP contribution in [0, 0.1) is 11.8 Å². The Kier molecular flexibility index (Phi) is 3.86. The van der Waals surface area contributed by atoms with Gasteiger partial charge in [-0.05, 0) is 11.6 Å². The molecular formula is C9H8N4O. The average Bonchev–Trinajstić information content (AvgIpc) is 2.25. The predicted octanol–water partition coefficient (Wildman–Crippen LogP) is 1.75. The Morgan fingerprint density at radius 1 is 1.71 bits per heavy atom. The molecule has 1 aromatic rings. The van der Waals surface area contributed by atoms with Crippen molar-refractivity contribution in [2.24, 2.45) is 5.11 Å². The molecule has 0 amide bonds. The van der Waals surface area contributed by atoms with Gasteiger partial charge in [0.2, 0.25) is 5.88 Å². The van der Waals surface area contributed by atoms with Gasteiger partial charge in [0.15, 0.2) is 0 Å². The zero-order valence-electron chi connectivity index (χ0n) is 7.64. The average molecular weight is 188 g/mol. The van der Waals surface area contributed by atoms with Crippen molar-refractivity contribution in [3.8, 4) is 17.7 Å². The van der Waals surface area contributed by atoms with Crippen molar-refractivity contribution in [1.29, 1.82) is 0 Å². The lowest BCUT2D eigenvalue weighted by molar-refractivity contribution is 0.398. The predicted molar refractivity (Wildman–Crippen MR) is 51.7 cm³/mol. The van der Waals surface area contributed by atoms with Gasteiger partial charge in [0.05, 0.1) is 13.7 Å². The molecule has 0 aliphatic carbocycles. The Morgan fingerprint density at radius 3 is 3.29 bits per heavy atom. The summed E-state index contributed by atoms with van der Waals surface area (Å²) in [5.74, 6) is 6.03. The van der Waals surface area contributed by atoms with Gasteiger partial charge in [-0.2, -0.15) is 0 Å². The van der Waals surface area contributed by atoms with Gasteiger partial charge in [-0.3, -0.25) is 0 Å². The van der Waals surface area contributed by atoms with Crippen LogP contribution in [0.3, 0.4) is 0 Å². The number of methoxy groups -OCH3 is 1. The Balaban J connectivity index is 2.73. The van der Waals surface area contributed by atoms with Crippen LogP contribution in [0.25, 0.3) is 10.4 Å². The van der Waals surface area contributed by atoms with E-state index < -0.39 is 0 Å². The second-order valence-electron chi connectivity index (χ2n) is 2.28. The normalized spacial score (nSPS) is 8.07. The van der Waals surface area contributed by atoms with Gasteiger partial charge in [-0.15, -0.1) is 0 Å². The molecule has 0 saturated carbocycles. The van der Waals surface area contributed by atoms with E-state index in [1.54, 1.807) is 25.4 Å². The molecule has 0 N–H and O–H groups in total. The van der Waals surface area contributed by atoms with Gasteiger partial charge < -0.3 is 4.74 Å². The van der Waals surface area contributed by atoms with Crippen LogP contribution in [0.5, 0.6) is 5.88 Å². The molecule has 0 atom stereocenters. The monoisotopic (exact) mass is 188 g/mol. The number of pyridine rings is 1. The zero-order chi connectivity index (χ0) is 10.2. The van der Waals surface area contributed by atoms with E-state index in [0.717, 1.165) is 5.56 Å². The maximum absolute atomic E-state index is 8.01. The highest BCUT2D eigenvalue weighted by molar-refractivity contribution is 5.36. The van der Waals surface area contributed by atoms with Crippen molar-refractivity contribution in [2.75, 3.05) is 13.7 Å². The van der Waals surface area contributed by atoms with Crippen LogP contribution in [-0.2, 0) is 0 Å². The van der Waals surface area contributed by atoms with E-state index >= 15 is 0 Å². The highest BCUT2D eigenvalue weighted by Crippen LogP contribution is 2.06. The lowest BCUT2D eigenvalue weighted by atomic mass is 10.3. The first kappa shape index (κ1) is 9.90. The maximum atomic E-state index is 8.01. The molecular weight excluding hydrogens is 180 g/mol. The molecule has 0 bridgehead atoms. The van der Waals surface area contributed by atoms with Crippen molar-refractivity contribution in [3.63, 3.8) is 0 Å². The fourth-order valence-corrected chi connectivity index (χ4v) is 0.807. The maximum Gasteiger partial charge on any atom is 0.214 e. The molecule has 0 radical (unpaired) electrons. The molecule has 5 heteroatoms. The number of aromatic nitrogens is 1. The molecule has 0 aliphatic heterocycles. The molecule has 0 aromatic carbocycles. The summed E-state index contributed by atoms with van der Waals surface area (Å²) in [6.07, 6.45) is 1.61. The minimum Gasteiger partial charge on any atom is -0.481 e. The SMILES string of the molecule is COc1cc(C#CCN=[N+]=[N-])ccn1. The number of hydrogen-bond donors (Lipinski definition) is 0. The number of hydrogen-bond acceptors (Lipinski definition) is 3. The summed E-state index contributed by atoms with van der Waals surface area (Å²) in [5, 5.41) is 3.29. The summed E-state index contributed by atoms with van der Waals surface area (Å²) in [5.41, 5.74) is 8.79. The molecule has 1 heterocycles. The van der Waals surface area contributed by atoms with E-state index in [0.29, 0.717) is 5.88 Å². The summed E-state index contributed by atoms with van der Waals surface area (Å²) < 4.78 is 4.92. The molecule has 1 aromatic heterocycles. The van der Waals surface area contributed by atoms with Gasteiger partial charge in [0, 0.05) is 22.7 Å². The first-order chi connectivity index (χ1) is 6.86. The minimum atomic E-state index is 0.168. The second-order valence-corrected chi connectivity index (χ2v) is 2.28. The standard InChI is InChI=1S/C9H8N4O/c1-14-9-7-8(4-6-11-9)3-2-5-12-13-10/h4,6-7H,5H2,1H3. The van der Waals surface area contributed by atoms with Crippen LogP contribution < -0.4 is 4.74 Å². The Morgan fingerprint density at radius 2 is 2.57 bits per heavy atom. The highest BCUT2D eigenvalue weighted by Gasteiger charge is 1.91. The van der Waals surface area contributed by atoms with E-state index in [-0.39, 0.29) is 6.54 Å². The molecule has 0 saturated heterocycles. The fourth-order valence-electron chi connectivity index (χ4n) is 0.807. The van der Waals surface area contributed by atoms with Crippen LogP contribution in [0.4, 0.5) is 0 Å². The van der Waals surface area contributed by atoms with Crippen molar-refractivity contribution in [2.45, 2.75) is 0 Å². The van der Waals surface area contributed by atoms with Gasteiger partial charge >= 0.3 is 0 Å². The van der Waals surface area contributed by atoms with Crippen molar-refractivity contribution < 1.29 is 4.74 Å². The Labute approximate surface area is 81.4 Å². The van der Waals surface area contributed by atoms with Crippen molar-refractivity contribution in [1.82, 2.24) is 4.98 Å². The van der Waals surface area contributed by atoms with E-state index in [9.17, 15) is 0 Å². The number of rotatable bonds is 2. The van der Waals surface area contributed by atoms with Crippen LogP contribution in [0.15, 0.2) is 23.4 Å². The quantitative estimate of drug-likeness (QED) is 0.307. The molecule has 70 valence electrons. The Hall–Kier alpha value is -2.18. The molecule has 0 unspecified atom stereocenters. The van der Waals surface area contributed by atoms with E-state index in [1.165, 1.54) is 0 Å². The largest absolute Gasteiger partial charge is 0.481 e. The summed E-state index contributed by atoms with van der Waals surface area (Å²) in [6, 6.07) is 3.47. The first-order valence-corrected chi connectivity index (χ1v) is 3.86. The summed E-state index contributed by atoms with van der Waals surface area (Å²) in [6.45, 7) is 0.168. The fraction of sp³-hybridized carbons (Fsp3) is 0.222. The number of ether oxygens (including phenoxy) is 1. The summed E-state index contributed by atoms with van der Waals surface area (Å²) in [7, 11) is 1.54. The smallest absolute Gasteiger partial charge is 0.214 e. The topological polar surface area (TPSA) is 70.9 Å². The van der Waals surface area contributed by atoms with Crippen molar-refractivity contribution >= 4 is 0 Å². The summed E-state index contributed by atoms with van der Waals surface area (Å²) in [4.78, 5) is 6.52. The van der Waals surface area contributed by atoms with Gasteiger partial charge in [0.1, 0.15) is 0 Å².